The van der Waals surface area contributed by atoms with Gasteiger partial charge in [0.25, 0.3) is 5.91 Å². The molecule has 2 aromatic carbocycles. The number of amides is 1. The highest BCUT2D eigenvalue weighted by molar-refractivity contribution is 7.80. The Morgan fingerprint density at radius 3 is 2.50 bits per heavy atom. The minimum absolute atomic E-state index is 0.156. The summed E-state index contributed by atoms with van der Waals surface area (Å²) in [7, 11) is 0. The highest BCUT2D eigenvalue weighted by Crippen LogP contribution is 2.40. The molecular formula is C21H19N3O3S. The van der Waals surface area contributed by atoms with Gasteiger partial charge in [0.2, 0.25) is 6.79 Å². The van der Waals surface area contributed by atoms with Crippen molar-refractivity contribution < 1.29 is 14.3 Å². The van der Waals surface area contributed by atoms with Gasteiger partial charge in [-0.2, -0.15) is 5.26 Å². The van der Waals surface area contributed by atoms with Crippen LogP contribution in [0.4, 0.5) is 5.69 Å². The summed E-state index contributed by atoms with van der Waals surface area (Å²) in [5, 5.41) is 15.5. The number of thiocarbonyl (C=S) groups is 1. The summed E-state index contributed by atoms with van der Waals surface area (Å²) in [5.41, 5.74) is 1.85. The monoisotopic (exact) mass is 393 g/mol. The van der Waals surface area contributed by atoms with E-state index >= 15 is 0 Å². The van der Waals surface area contributed by atoms with Crippen LogP contribution < -0.4 is 20.1 Å². The fourth-order valence-electron chi connectivity index (χ4n) is 3.69. The molecule has 1 aliphatic heterocycles. The van der Waals surface area contributed by atoms with Crippen LogP contribution in [0.25, 0.3) is 0 Å². The lowest BCUT2D eigenvalue weighted by Crippen LogP contribution is -2.34. The Morgan fingerprint density at radius 1 is 1.07 bits per heavy atom. The third-order valence-corrected chi connectivity index (χ3v) is 5.43. The molecule has 2 aliphatic rings. The number of anilines is 1. The van der Waals surface area contributed by atoms with Crippen LogP contribution in [-0.2, 0) is 5.41 Å². The van der Waals surface area contributed by atoms with Gasteiger partial charge in [-0.3, -0.25) is 10.1 Å². The summed E-state index contributed by atoms with van der Waals surface area (Å²) >= 11 is 5.25. The van der Waals surface area contributed by atoms with Crippen LogP contribution in [-0.4, -0.2) is 17.8 Å². The molecule has 142 valence electrons. The summed E-state index contributed by atoms with van der Waals surface area (Å²) in [4.78, 5) is 12.4. The molecule has 1 heterocycles. The van der Waals surface area contributed by atoms with Gasteiger partial charge in [-0.15, -0.1) is 0 Å². The molecule has 0 spiro atoms. The highest BCUT2D eigenvalue weighted by Gasteiger charge is 2.35. The number of ether oxygens (including phenoxy) is 2. The SMILES string of the molecule is N#CC1(c2ccc(NC(=S)NC(=O)c3ccc4c(c3)OCO4)cc2)CCCC1. The number of nitriles is 1. The molecule has 1 aliphatic carbocycles. The largest absolute Gasteiger partial charge is 0.454 e. The lowest BCUT2D eigenvalue weighted by molar-refractivity contribution is 0.0977. The maximum Gasteiger partial charge on any atom is 0.257 e. The van der Waals surface area contributed by atoms with Crippen molar-refractivity contribution in [1.29, 1.82) is 5.26 Å². The number of carbonyl (C=O) groups excluding carboxylic acids is 1. The second-order valence-electron chi connectivity index (χ2n) is 6.95. The number of rotatable bonds is 3. The minimum atomic E-state index is -0.368. The Hall–Kier alpha value is -3.11. The molecule has 0 atom stereocenters. The van der Waals surface area contributed by atoms with E-state index in [1.165, 1.54) is 0 Å². The first-order valence-electron chi connectivity index (χ1n) is 9.13. The predicted molar refractivity (Wildman–Crippen MR) is 108 cm³/mol. The Bertz CT molecular complexity index is 960. The van der Waals surface area contributed by atoms with Crippen LogP contribution >= 0.6 is 12.2 Å². The average molecular weight is 393 g/mol. The van der Waals surface area contributed by atoms with Crippen molar-refractivity contribution in [3.05, 3.63) is 53.6 Å². The first kappa shape index (κ1) is 18.3. The van der Waals surface area contributed by atoms with Gasteiger partial charge in [0.05, 0.1) is 11.5 Å². The summed E-state index contributed by atoms with van der Waals surface area (Å²) in [6.07, 6.45) is 3.98. The number of hydrogen-bond donors (Lipinski definition) is 2. The molecule has 0 saturated heterocycles. The maximum atomic E-state index is 12.4. The molecule has 1 saturated carbocycles. The number of fused-ring (bicyclic) bond motifs is 1. The first-order chi connectivity index (χ1) is 13.6. The zero-order valence-corrected chi connectivity index (χ0v) is 16.0. The van der Waals surface area contributed by atoms with Gasteiger partial charge in [0.15, 0.2) is 16.6 Å². The Morgan fingerprint density at radius 2 is 1.79 bits per heavy atom. The molecule has 4 rings (SSSR count). The van der Waals surface area contributed by atoms with Gasteiger partial charge in [-0.25, -0.2) is 0 Å². The van der Waals surface area contributed by atoms with E-state index in [4.69, 9.17) is 21.7 Å². The molecule has 7 heteroatoms. The topological polar surface area (TPSA) is 83.4 Å². The van der Waals surface area contributed by atoms with Gasteiger partial charge in [0, 0.05) is 11.3 Å². The Labute approximate surface area is 168 Å². The molecule has 0 bridgehead atoms. The predicted octanol–water partition coefficient (Wildman–Crippen LogP) is 3.88. The molecule has 6 nitrogen and oxygen atoms in total. The lowest BCUT2D eigenvalue weighted by Gasteiger charge is -2.21. The fraction of sp³-hybridized carbons (Fsp3) is 0.286. The third-order valence-electron chi connectivity index (χ3n) is 5.23. The Kier molecular flexibility index (Phi) is 4.88. The summed E-state index contributed by atoms with van der Waals surface area (Å²) in [5.74, 6) is 0.831. The van der Waals surface area contributed by atoms with Crippen LogP contribution in [0.2, 0.25) is 0 Å². The quantitative estimate of drug-likeness (QED) is 0.770. The van der Waals surface area contributed by atoms with Crippen LogP contribution in [0.3, 0.4) is 0 Å². The van der Waals surface area contributed by atoms with E-state index in [0.717, 1.165) is 36.9 Å². The van der Waals surface area contributed by atoms with Crippen LogP contribution in [0, 0.1) is 11.3 Å². The third kappa shape index (κ3) is 3.51. The molecule has 1 fully saturated rings. The smallest absolute Gasteiger partial charge is 0.257 e. The maximum absolute atomic E-state index is 12.4. The van der Waals surface area contributed by atoms with Crippen LogP contribution in [0.1, 0.15) is 41.6 Å². The van der Waals surface area contributed by atoms with Crippen molar-refractivity contribution in [2.45, 2.75) is 31.1 Å². The van der Waals surface area contributed by atoms with Crippen LogP contribution in [0.15, 0.2) is 42.5 Å². The Balaban J connectivity index is 1.38. The average Bonchev–Trinajstić information content (AvgIpc) is 3.37. The highest BCUT2D eigenvalue weighted by atomic mass is 32.1. The number of hydrogen-bond acceptors (Lipinski definition) is 5. The summed E-state index contributed by atoms with van der Waals surface area (Å²) < 4.78 is 10.5. The van der Waals surface area contributed by atoms with E-state index in [9.17, 15) is 10.1 Å². The van der Waals surface area contributed by atoms with Crippen molar-refractivity contribution >= 4 is 28.9 Å². The van der Waals surface area contributed by atoms with Crippen molar-refractivity contribution in [1.82, 2.24) is 5.32 Å². The number of carbonyl (C=O) groups is 1. The van der Waals surface area contributed by atoms with E-state index in [1.807, 2.05) is 24.3 Å². The van der Waals surface area contributed by atoms with E-state index in [1.54, 1.807) is 18.2 Å². The lowest BCUT2D eigenvalue weighted by atomic mass is 9.80. The molecule has 1 amide bonds. The van der Waals surface area contributed by atoms with E-state index < -0.39 is 0 Å². The molecule has 28 heavy (non-hydrogen) atoms. The van der Waals surface area contributed by atoms with Crippen molar-refractivity contribution in [2.24, 2.45) is 0 Å². The standard InChI is InChI=1S/C21H19N3O3S/c22-12-21(9-1-2-10-21)15-4-6-16(7-5-15)23-20(28)24-19(25)14-3-8-17-18(11-14)27-13-26-17/h3-8,11H,1-2,9-10,13H2,(H2,23,24,25,28). The van der Waals surface area contributed by atoms with Gasteiger partial charge < -0.3 is 14.8 Å². The first-order valence-corrected chi connectivity index (χ1v) is 9.54. The number of benzene rings is 2. The molecule has 2 N–H and O–H groups in total. The van der Waals surface area contributed by atoms with Gasteiger partial charge >= 0.3 is 0 Å². The van der Waals surface area contributed by atoms with E-state index in [-0.39, 0.29) is 23.2 Å². The second-order valence-corrected chi connectivity index (χ2v) is 7.36. The van der Waals surface area contributed by atoms with Crippen molar-refractivity contribution in [3.63, 3.8) is 0 Å². The summed E-state index contributed by atoms with van der Waals surface area (Å²) in [6.45, 7) is 0.156. The zero-order valence-electron chi connectivity index (χ0n) is 15.2. The minimum Gasteiger partial charge on any atom is -0.454 e. The second kappa shape index (κ2) is 7.49. The number of nitrogens with one attached hydrogen (secondary N) is 2. The van der Waals surface area contributed by atoms with E-state index in [0.29, 0.717) is 17.1 Å². The van der Waals surface area contributed by atoms with Gasteiger partial charge in [0.1, 0.15) is 0 Å². The zero-order chi connectivity index (χ0) is 19.6. The molecule has 2 aromatic rings. The number of nitrogens with zero attached hydrogens (tertiary/aromatic N) is 1. The summed E-state index contributed by atoms with van der Waals surface area (Å²) in [6, 6.07) is 15.1. The fourth-order valence-corrected chi connectivity index (χ4v) is 3.90. The molecular weight excluding hydrogens is 374 g/mol. The molecule has 0 unspecified atom stereocenters. The van der Waals surface area contributed by atoms with Crippen molar-refractivity contribution in [2.75, 3.05) is 12.1 Å². The molecule has 0 aromatic heterocycles. The van der Waals surface area contributed by atoms with Gasteiger partial charge in [-0.1, -0.05) is 25.0 Å². The molecule has 0 radical (unpaired) electrons. The normalized spacial score (nSPS) is 16.2. The van der Waals surface area contributed by atoms with Gasteiger partial charge in [-0.05, 0) is 61.0 Å². The van der Waals surface area contributed by atoms with Crippen molar-refractivity contribution in [3.8, 4) is 17.6 Å². The van der Waals surface area contributed by atoms with Crippen LogP contribution in [0.5, 0.6) is 11.5 Å². The van der Waals surface area contributed by atoms with E-state index in [2.05, 4.69) is 16.7 Å².